The summed E-state index contributed by atoms with van der Waals surface area (Å²) in [6, 6.07) is 4.91. The first-order chi connectivity index (χ1) is 16.6. The molecule has 12 heteroatoms. The van der Waals surface area contributed by atoms with Crippen LogP contribution in [0.2, 0.25) is 0 Å². The molecule has 0 unspecified atom stereocenters. The molecule has 0 radical (unpaired) electrons. The zero-order valence-corrected chi connectivity index (χ0v) is 19.8. The summed E-state index contributed by atoms with van der Waals surface area (Å²) in [4.78, 5) is 25.8. The highest BCUT2D eigenvalue weighted by atomic mass is 19.4. The van der Waals surface area contributed by atoms with E-state index in [4.69, 9.17) is 9.47 Å². The lowest BCUT2D eigenvalue weighted by molar-refractivity contribution is -0.136. The number of methoxy groups -OCH3 is 1. The van der Waals surface area contributed by atoms with Crippen molar-refractivity contribution in [1.29, 1.82) is 0 Å². The third kappa shape index (κ3) is 5.11. The maximum absolute atomic E-state index is 13.4. The Morgan fingerprint density at radius 3 is 2.60 bits per heavy atom. The average Bonchev–Trinajstić information content (AvgIpc) is 3.23. The summed E-state index contributed by atoms with van der Waals surface area (Å²) < 4.78 is 51.4. The number of hydrogen-bond acceptors (Lipinski definition) is 7. The number of H-pyrrole nitrogens is 1. The van der Waals surface area contributed by atoms with Crippen LogP contribution in [0.5, 0.6) is 5.75 Å². The van der Waals surface area contributed by atoms with Gasteiger partial charge in [-0.2, -0.15) is 23.1 Å². The van der Waals surface area contributed by atoms with Crippen molar-refractivity contribution in [3.63, 3.8) is 0 Å². The van der Waals surface area contributed by atoms with Crippen LogP contribution in [0, 0.1) is 0 Å². The van der Waals surface area contributed by atoms with E-state index >= 15 is 0 Å². The monoisotopic (exact) mass is 492 g/mol. The van der Waals surface area contributed by atoms with Gasteiger partial charge in [-0.15, -0.1) is 0 Å². The number of halogens is 3. The number of hydrogen-bond donors (Lipinski definition) is 3. The van der Waals surface area contributed by atoms with Crippen molar-refractivity contribution in [3.8, 4) is 5.75 Å². The first-order valence-electron chi connectivity index (χ1n) is 11.2. The number of carbonyl (C=O) groups is 1. The Balaban J connectivity index is 1.64. The van der Waals surface area contributed by atoms with Gasteiger partial charge in [0.15, 0.2) is 0 Å². The molecule has 0 spiro atoms. The van der Waals surface area contributed by atoms with Crippen LogP contribution in [-0.2, 0) is 10.9 Å². The van der Waals surface area contributed by atoms with Gasteiger partial charge in [0.2, 0.25) is 5.95 Å². The summed E-state index contributed by atoms with van der Waals surface area (Å²) in [6.45, 7) is 6.95. The number of aromatic amines is 1. The minimum absolute atomic E-state index is 0.0343. The van der Waals surface area contributed by atoms with Crippen LogP contribution in [0.25, 0.3) is 11.0 Å². The molecule has 3 aromatic rings. The normalized spacial score (nSPS) is 18.5. The third-order valence-electron chi connectivity index (χ3n) is 5.58. The fourth-order valence-corrected chi connectivity index (χ4v) is 4.18. The van der Waals surface area contributed by atoms with Crippen LogP contribution in [0.3, 0.4) is 0 Å². The van der Waals surface area contributed by atoms with E-state index in [0.29, 0.717) is 36.6 Å². The largest absolute Gasteiger partial charge is 0.495 e. The van der Waals surface area contributed by atoms with Gasteiger partial charge >= 0.3 is 6.18 Å². The number of morpholine rings is 1. The molecule has 1 fully saturated rings. The number of nitrogens with zero attached hydrogens (tertiary/aromatic N) is 3. The van der Waals surface area contributed by atoms with E-state index in [2.05, 4.69) is 25.6 Å². The molecule has 1 aliphatic rings. The SMILES string of the molecule is CCNc1nc(Nc2ccc(C(=O)N3C[C@@H](C)O[C@@H](C)C3)cc2OC)nc2[nH]cc(C(F)(F)F)c12. The molecule has 1 amide bonds. The summed E-state index contributed by atoms with van der Waals surface area (Å²) in [5.74, 6) is 0.337. The molecule has 35 heavy (non-hydrogen) atoms. The number of fused-ring (bicyclic) bond motifs is 1. The topological polar surface area (TPSA) is 104 Å². The Labute approximate surface area is 200 Å². The molecule has 3 N–H and O–H groups in total. The smallest absolute Gasteiger partial charge is 0.418 e. The molecule has 1 aliphatic heterocycles. The van der Waals surface area contributed by atoms with E-state index < -0.39 is 11.7 Å². The van der Waals surface area contributed by atoms with Gasteiger partial charge in [-0.1, -0.05) is 0 Å². The Bertz CT molecular complexity index is 1220. The first kappa shape index (κ1) is 24.6. The average molecular weight is 493 g/mol. The van der Waals surface area contributed by atoms with Gasteiger partial charge in [0.25, 0.3) is 5.91 Å². The molecule has 1 saturated heterocycles. The highest BCUT2D eigenvalue weighted by molar-refractivity contribution is 5.96. The third-order valence-corrected chi connectivity index (χ3v) is 5.58. The van der Waals surface area contributed by atoms with E-state index in [1.54, 1.807) is 30.0 Å². The van der Waals surface area contributed by atoms with E-state index in [-0.39, 0.29) is 40.9 Å². The lowest BCUT2D eigenvalue weighted by Crippen LogP contribution is -2.48. The summed E-state index contributed by atoms with van der Waals surface area (Å²) in [6.07, 6.45) is -3.80. The number of alkyl halides is 3. The van der Waals surface area contributed by atoms with Crippen LogP contribution >= 0.6 is 0 Å². The van der Waals surface area contributed by atoms with Gasteiger partial charge < -0.3 is 30.0 Å². The molecule has 9 nitrogen and oxygen atoms in total. The zero-order valence-electron chi connectivity index (χ0n) is 19.8. The van der Waals surface area contributed by atoms with Crippen molar-refractivity contribution in [3.05, 3.63) is 35.5 Å². The Hall–Kier alpha value is -3.54. The summed E-state index contributed by atoms with van der Waals surface area (Å²) in [7, 11) is 1.46. The van der Waals surface area contributed by atoms with E-state index in [0.717, 1.165) is 6.20 Å². The molecule has 0 aliphatic carbocycles. The van der Waals surface area contributed by atoms with Crippen molar-refractivity contribution in [2.75, 3.05) is 37.4 Å². The van der Waals surface area contributed by atoms with Crippen molar-refractivity contribution in [1.82, 2.24) is 19.9 Å². The molecule has 0 saturated carbocycles. The predicted octanol–water partition coefficient (Wildman–Crippen LogP) is 4.41. The van der Waals surface area contributed by atoms with Crippen molar-refractivity contribution in [2.45, 2.75) is 39.2 Å². The van der Waals surface area contributed by atoms with Crippen molar-refractivity contribution >= 4 is 34.4 Å². The molecular formula is C23H27F3N6O3. The zero-order chi connectivity index (χ0) is 25.3. The lowest BCUT2D eigenvalue weighted by atomic mass is 10.1. The molecule has 0 bridgehead atoms. The van der Waals surface area contributed by atoms with Gasteiger partial charge in [0.1, 0.15) is 17.2 Å². The Morgan fingerprint density at radius 1 is 1.26 bits per heavy atom. The highest BCUT2D eigenvalue weighted by Gasteiger charge is 2.35. The van der Waals surface area contributed by atoms with Gasteiger partial charge in [-0.3, -0.25) is 4.79 Å². The number of benzene rings is 1. The molecule has 188 valence electrons. The van der Waals surface area contributed by atoms with E-state index in [9.17, 15) is 18.0 Å². The number of ether oxygens (including phenoxy) is 2. The molecular weight excluding hydrogens is 465 g/mol. The van der Waals surface area contributed by atoms with E-state index in [1.807, 2.05) is 13.8 Å². The molecule has 4 rings (SSSR count). The van der Waals surface area contributed by atoms with Crippen LogP contribution in [0.1, 0.15) is 36.7 Å². The molecule has 1 aromatic carbocycles. The number of aromatic nitrogens is 3. The van der Waals surface area contributed by atoms with Crippen molar-refractivity contribution < 1.29 is 27.4 Å². The fraction of sp³-hybridized carbons (Fsp3) is 0.435. The van der Waals surface area contributed by atoms with Crippen molar-refractivity contribution in [2.24, 2.45) is 0 Å². The fourth-order valence-electron chi connectivity index (χ4n) is 4.18. The van der Waals surface area contributed by atoms with Crippen LogP contribution in [-0.4, -0.2) is 64.7 Å². The Morgan fingerprint density at radius 2 is 1.97 bits per heavy atom. The van der Waals surface area contributed by atoms with Crippen LogP contribution in [0.4, 0.5) is 30.6 Å². The summed E-state index contributed by atoms with van der Waals surface area (Å²) in [5.41, 5.74) is 0.0871. The predicted molar refractivity (Wildman–Crippen MR) is 125 cm³/mol. The number of amides is 1. The Kier molecular flexibility index (Phi) is 6.75. The number of rotatable bonds is 6. The van der Waals surface area contributed by atoms with Gasteiger partial charge in [-0.25, -0.2) is 0 Å². The van der Waals surface area contributed by atoms with Gasteiger partial charge in [-0.05, 0) is 39.0 Å². The first-order valence-corrected chi connectivity index (χ1v) is 11.2. The van der Waals surface area contributed by atoms with Crippen LogP contribution < -0.4 is 15.4 Å². The van der Waals surface area contributed by atoms with E-state index in [1.165, 1.54) is 7.11 Å². The summed E-state index contributed by atoms with van der Waals surface area (Å²) >= 11 is 0. The minimum atomic E-state index is -4.55. The second-order valence-corrected chi connectivity index (χ2v) is 8.36. The second-order valence-electron chi connectivity index (χ2n) is 8.36. The quantitative estimate of drug-likeness (QED) is 0.468. The standard InChI is InChI=1S/C23H27F3N6O3/c1-5-27-19-18-15(23(24,25)26)9-28-20(18)31-22(30-19)29-16-7-6-14(8-17(16)34-4)21(33)32-10-12(2)35-13(3)11-32/h6-9,12-13H,5,10-11H2,1-4H3,(H3,27,28,29,30,31)/t12-,13+. The molecule has 2 aromatic heterocycles. The molecule has 2 atom stereocenters. The minimum Gasteiger partial charge on any atom is -0.495 e. The van der Waals surface area contributed by atoms with Gasteiger partial charge in [0.05, 0.1) is 36.0 Å². The maximum Gasteiger partial charge on any atom is 0.418 e. The number of carbonyl (C=O) groups excluding carboxylic acids is 1. The second kappa shape index (κ2) is 9.61. The highest BCUT2D eigenvalue weighted by Crippen LogP contribution is 2.38. The number of nitrogens with one attached hydrogen (secondary N) is 3. The summed E-state index contributed by atoms with van der Waals surface area (Å²) in [5, 5.41) is 5.72. The molecule has 3 heterocycles. The number of anilines is 3. The van der Waals surface area contributed by atoms with Gasteiger partial charge in [0, 0.05) is 31.4 Å². The van der Waals surface area contributed by atoms with Crippen LogP contribution in [0.15, 0.2) is 24.4 Å². The maximum atomic E-state index is 13.4. The lowest BCUT2D eigenvalue weighted by Gasteiger charge is -2.35.